The summed E-state index contributed by atoms with van der Waals surface area (Å²) >= 11 is 0. The first-order valence-corrected chi connectivity index (χ1v) is 6.48. The van der Waals surface area contributed by atoms with Crippen molar-refractivity contribution in [1.29, 1.82) is 0 Å². The highest BCUT2D eigenvalue weighted by Gasteiger charge is 2.42. The molecule has 1 aliphatic carbocycles. The van der Waals surface area contributed by atoms with E-state index >= 15 is 0 Å². The van der Waals surface area contributed by atoms with Crippen molar-refractivity contribution in [2.75, 3.05) is 26.8 Å². The lowest BCUT2D eigenvalue weighted by Crippen LogP contribution is -2.53. The van der Waals surface area contributed by atoms with Gasteiger partial charge in [0.1, 0.15) is 0 Å². The minimum Gasteiger partial charge on any atom is -0.385 e. The second-order valence-corrected chi connectivity index (χ2v) is 5.58. The van der Waals surface area contributed by atoms with Crippen molar-refractivity contribution in [2.24, 2.45) is 5.41 Å². The zero-order valence-corrected chi connectivity index (χ0v) is 11.6. The molecule has 0 radical (unpaired) electrons. The van der Waals surface area contributed by atoms with Crippen LogP contribution in [0.5, 0.6) is 0 Å². The van der Waals surface area contributed by atoms with Crippen LogP contribution in [0, 0.1) is 5.41 Å². The lowest BCUT2D eigenvalue weighted by atomic mass is 10.0. The fourth-order valence-electron chi connectivity index (χ4n) is 2.02. The van der Waals surface area contributed by atoms with Gasteiger partial charge >= 0.3 is 0 Å². The van der Waals surface area contributed by atoms with Crippen molar-refractivity contribution < 1.29 is 9.53 Å². The van der Waals surface area contributed by atoms with Gasteiger partial charge in [-0.1, -0.05) is 6.92 Å². The van der Waals surface area contributed by atoms with Crippen molar-refractivity contribution in [3.63, 3.8) is 0 Å². The van der Waals surface area contributed by atoms with Gasteiger partial charge in [0, 0.05) is 20.3 Å². The Kier molecular flexibility index (Phi) is 4.95. The number of methoxy groups -OCH3 is 1. The molecule has 17 heavy (non-hydrogen) atoms. The Morgan fingerprint density at radius 3 is 2.53 bits per heavy atom. The Morgan fingerprint density at radius 2 is 2.06 bits per heavy atom. The van der Waals surface area contributed by atoms with E-state index in [9.17, 15) is 4.79 Å². The fourth-order valence-corrected chi connectivity index (χ4v) is 2.02. The molecule has 0 bridgehead atoms. The summed E-state index contributed by atoms with van der Waals surface area (Å²) < 4.78 is 5.11. The highest BCUT2D eigenvalue weighted by Crippen LogP contribution is 2.48. The topological polar surface area (TPSA) is 50.4 Å². The average molecular weight is 242 g/mol. The van der Waals surface area contributed by atoms with E-state index in [0.717, 1.165) is 26.1 Å². The number of amides is 1. The third-order valence-corrected chi connectivity index (χ3v) is 3.60. The zero-order valence-electron chi connectivity index (χ0n) is 11.6. The molecule has 1 saturated carbocycles. The highest BCUT2D eigenvalue weighted by molar-refractivity contribution is 5.85. The number of rotatable bonds is 8. The third-order valence-electron chi connectivity index (χ3n) is 3.60. The van der Waals surface area contributed by atoms with Gasteiger partial charge in [-0.15, -0.1) is 0 Å². The summed E-state index contributed by atoms with van der Waals surface area (Å²) in [6.07, 6.45) is 3.46. The van der Waals surface area contributed by atoms with E-state index in [1.165, 1.54) is 12.8 Å². The van der Waals surface area contributed by atoms with Crippen LogP contribution in [-0.4, -0.2) is 38.3 Å². The van der Waals surface area contributed by atoms with Crippen molar-refractivity contribution in [1.82, 2.24) is 10.6 Å². The van der Waals surface area contributed by atoms with E-state index in [0.29, 0.717) is 5.41 Å². The molecule has 1 fully saturated rings. The minimum absolute atomic E-state index is 0.0861. The van der Waals surface area contributed by atoms with Crippen LogP contribution in [0.2, 0.25) is 0 Å². The molecule has 0 heterocycles. The Balaban J connectivity index is 2.33. The smallest absolute Gasteiger partial charge is 0.239 e. The molecule has 0 saturated heterocycles. The summed E-state index contributed by atoms with van der Waals surface area (Å²) in [4.78, 5) is 12.0. The molecule has 0 spiro atoms. The summed E-state index contributed by atoms with van der Waals surface area (Å²) in [7, 11) is 1.73. The van der Waals surface area contributed by atoms with Crippen LogP contribution in [0.15, 0.2) is 0 Å². The molecule has 0 aromatic heterocycles. The van der Waals surface area contributed by atoms with Crippen molar-refractivity contribution >= 4 is 5.91 Å². The fraction of sp³-hybridized carbons (Fsp3) is 0.923. The number of hydrogen-bond donors (Lipinski definition) is 2. The largest absolute Gasteiger partial charge is 0.385 e. The summed E-state index contributed by atoms with van der Waals surface area (Å²) in [6.45, 7) is 8.21. The summed E-state index contributed by atoms with van der Waals surface area (Å²) in [6, 6.07) is 0. The monoisotopic (exact) mass is 242 g/mol. The molecule has 0 atom stereocenters. The first-order chi connectivity index (χ1) is 7.96. The molecule has 2 N–H and O–H groups in total. The molecule has 0 aromatic rings. The Hall–Kier alpha value is -0.610. The van der Waals surface area contributed by atoms with Gasteiger partial charge in [0.05, 0.1) is 5.54 Å². The van der Waals surface area contributed by atoms with Crippen LogP contribution >= 0.6 is 0 Å². The van der Waals surface area contributed by atoms with Crippen LogP contribution in [0.3, 0.4) is 0 Å². The van der Waals surface area contributed by atoms with Crippen molar-refractivity contribution in [2.45, 2.75) is 45.6 Å². The second-order valence-electron chi connectivity index (χ2n) is 5.58. The Labute approximate surface area is 104 Å². The van der Waals surface area contributed by atoms with Crippen LogP contribution in [-0.2, 0) is 9.53 Å². The van der Waals surface area contributed by atoms with Gasteiger partial charge in [-0.25, -0.2) is 0 Å². The third kappa shape index (κ3) is 4.28. The number of carbonyl (C=O) groups is 1. The van der Waals surface area contributed by atoms with Gasteiger partial charge < -0.3 is 15.4 Å². The summed E-state index contributed by atoms with van der Waals surface area (Å²) in [5.41, 5.74) is -0.167. The molecule has 0 aliphatic heterocycles. The number of nitrogens with one attached hydrogen (secondary N) is 2. The molecule has 4 heteroatoms. The number of ether oxygens (including phenoxy) is 1. The average Bonchev–Trinajstić information content (AvgIpc) is 3.04. The van der Waals surface area contributed by atoms with Gasteiger partial charge in [0.15, 0.2) is 0 Å². The van der Waals surface area contributed by atoms with E-state index in [1.54, 1.807) is 7.11 Å². The Bertz CT molecular complexity index is 260. The molecule has 0 aromatic carbocycles. The maximum Gasteiger partial charge on any atom is 0.239 e. The van der Waals surface area contributed by atoms with E-state index < -0.39 is 5.54 Å². The molecule has 100 valence electrons. The standard InChI is InChI=1S/C13H26N2O2/c1-5-15-12(2,3)11(16)14-10-13(6-7-13)8-9-17-4/h15H,5-10H2,1-4H3,(H,14,16). The van der Waals surface area contributed by atoms with E-state index in [1.807, 2.05) is 20.8 Å². The zero-order chi connectivity index (χ0) is 12.9. The van der Waals surface area contributed by atoms with Crippen LogP contribution in [0.4, 0.5) is 0 Å². The van der Waals surface area contributed by atoms with Crippen LogP contribution < -0.4 is 10.6 Å². The van der Waals surface area contributed by atoms with E-state index in [4.69, 9.17) is 4.74 Å². The van der Waals surface area contributed by atoms with Gasteiger partial charge in [0.2, 0.25) is 5.91 Å². The molecular weight excluding hydrogens is 216 g/mol. The van der Waals surface area contributed by atoms with Crippen LogP contribution in [0.1, 0.15) is 40.0 Å². The number of likely N-dealkylation sites (N-methyl/N-ethyl adjacent to an activating group) is 1. The van der Waals surface area contributed by atoms with Crippen LogP contribution in [0.25, 0.3) is 0 Å². The predicted octanol–water partition coefficient (Wildman–Crippen LogP) is 1.31. The Morgan fingerprint density at radius 1 is 1.41 bits per heavy atom. The molecule has 0 unspecified atom stereocenters. The van der Waals surface area contributed by atoms with Gasteiger partial charge in [-0.2, -0.15) is 0 Å². The molecule has 1 amide bonds. The highest BCUT2D eigenvalue weighted by atomic mass is 16.5. The van der Waals surface area contributed by atoms with Gasteiger partial charge in [0.25, 0.3) is 0 Å². The molecule has 4 nitrogen and oxygen atoms in total. The lowest BCUT2D eigenvalue weighted by molar-refractivity contribution is -0.126. The first kappa shape index (κ1) is 14.5. The summed E-state index contributed by atoms with van der Waals surface area (Å²) in [5.74, 6) is 0.0861. The van der Waals surface area contributed by atoms with Gasteiger partial charge in [-0.3, -0.25) is 4.79 Å². The SMILES string of the molecule is CCNC(C)(C)C(=O)NCC1(CCOC)CC1. The van der Waals surface area contributed by atoms with Crippen molar-refractivity contribution in [3.8, 4) is 0 Å². The maximum atomic E-state index is 12.0. The molecule has 1 rings (SSSR count). The van der Waals surface area contributed by atoms with E-state index in [2.05, 4.69) is 10.6 Å². The first-order valence-electron chi connectivity index (χ1n) is 6.48. The lowest BCUT2D eigenvalue weighted by Gasteiger charge is -2.26. The molecule has 1 aliphatic rings. The predicted molar refractivity (Wildman–Crippen MR) is 68.9 cm³/mol. The van der Waals surface area contributed by atoms with Crippen molar-refractivity contribution in [3.05, 3.63) is 0 Å². The quantitative estimate of drug-likeness (QED) is 0.674. The normalized spacial score (nSPS) is 17.9. The number of carbonyl (C=O) groups excluding carboxylic acids is 1. The molecular formula is C13H26N2O2. The van der Waals surface area contributed by atoms with E-state index in [-0.39, 0.29) is 5.91 Å². The van der Waals surface area contributed by atoms with Gasteiger partial charge in [-0.05, 0) is 45.1 Å². The maximum absolute atomic E-state index is 12.0. The second kappa shape index (κ2) is 5.83. The minimum atomic E-state index is -0.480. The number of hydrogen-bond acceptors (Lipinski definition) is 3. The summed E-state index contributed by atoms with van der Waals surface area (Å²) in [5, 5.41) is 6.25.